The molecule has 38 heavy (non-hydrogen) atoms. The van der Waals surface area contributed by atoms with Gasteiger partial charge in [0.2, 0.25) is 0 Å². The number of halogens is 1. The van der Waals surface area contributed by atoms with Crippen LogP contribution < -0.4 is 29.9 Å². The largest absolute Gasteiger partial charge is 0.497 e. The van der Waals surface area contributed by atoms with E-state index < -0.39 is 11.7 Å². The van der Waals surface area contributed by atoms with E-state index in [-0.39, 0.29) is 11.2 Å². The Balaban J connectivity index is 1.56. The third-order valence-corrected chi connectivity index (χ3v) is 5.83. The number of hydrogen-bond acceptors (Lipinski definition) is 9. The zero-order chi connectivity index (χ0) is 26.6. The molecule has 11 nitrogen and oxygen atoms in total. The van der Waals surface area contributed by atoms with Crippen molar-refractivity contribution < 1.29 is 23.4 Å². The van der Waals surface area contributed by atoms with E-state index in [0.717, 1.165) is 11.3 Å². The highest BCUT2D eigenvalue weighted by Gasteiger charge is 2.22. The molecule has 1 aliphatic rings. The van der Waals surface area contributed by atoms with Crippen molar-refractivity contribution in [2.24, 2.45) is 5.10 Å². The Hall–Kier alpha value is -4.87. The summed E-state index contributed by atoms with van der Waals surface area (Å²) < 4.78 is 32.5. The quantitative estimate of drug-likeness (QED) is 0.267. The monoisotopic (exact) mass is 519 g/mol. The molecule has 0 fully saturated rings. The molecule has 2 aromatic carbocycles. The molecule has 0 bridgehead atoms. The molecule has 2 aromatic heterocycles. The van der Waals surface area contributed by atoms with Gasteiger partial charge < -0.3 is 24.4 Å². The lowest BCUT2D eigenvalue weighted by atomic mass is 10.2. The van der Waals surface area contributed by atoms with Gasteiger partial charge >= 0.3 is 0 Å². The minimum absolute atomic E-state index is 0.221. The second kappa shape index (κ2) is 10.6. The van der Waals surface area contributed by atoms with E-state index in [2.05, 4.69) is 25.9 Å². The number of nitrogens with one attached hydrogen (secondary N) is 2. The Morgan fingerprint density at radius 2 is 2.03 bits per heavy atom. The zero-order valence-corrected chi connectivity index (χ0v) is 21.1. The summed E-state index contributed by atoms with van der Waals surface area (Å²) in [5, 5.41) is 11.4. The van der Waals surface area contributed by atoms with E-state index >= 15 is 0 Å². The Bertz CT molecular complexity index is 1500. The first-order valence-corrected chi connectivity index (χ1v) is 11.8. The summed E-state index contributed by atoms with van der Waals surface area (Å²) in [5.41, 5.74) is 4.34. The molecule has 0 radical (unpaired) electrons. The van der Waals surface area contributed by atoms with Gasteiger partial charge in [0, 0.05) is 38.0 Å². The van der Waals surface area contributed by atoms with E-state index in [9.17, 15) is 9.18 Å². The lowest BCUT2D eigenvalue weighted by Gasteiger charge is -2.23. The summed E-state index contributed by atoms with van der Waals surface area (Å²) in [5.74, 6) is 1.48. The number of fused-ring (bicyclic) bond motifs is 2. The lowest BCUT2D eigenvalue weighted by molar-refractivity contribution is 0.0956. The molecular weight excluding hydrogens is 493 g/mol. The summed E-state index contributed by atoms with van der Waals surface area (Å²) in [4.78, 5) is 19.4. The van der Waals surface area contributed by atoms with Gasteiger partial charge in [0.25, 0.3) is 5.91 Å². The first-order chi connectivity index (χ1) is 18.5. The molecule has 196 valence electrons. The van der Waals surface area contributed by atoms with Gasteiger partial charge in [-0.15, -0.1) is 0 Å². The van der Waals surface area contributed by atoms with Crippen molar-refractivity contribution in [3.63, 3.8) is 0 Å². The molecule has 3 heterocycles. The molecule has 0 spiro atoms. The third kappa shape index (κ3) is 5.01. The number of amides is 1. The summed E-state index contributed by atoms with van der Waals surface area (Å²) in [6, 6.07) is 12.0. The Morgan fingerprint density at radius 1 is 1.24 bits per heavy atom. The fraction of sp³-hybridized carbons (Fsp3) is 0.231. The van der Waals surface area contributed by atoms with E-state index in [0.29, 0.717) is 48.6 Å². The number of hydrazone groups is 1. The standard InChI is InChI=1S/C26H26FN7O4/c1-4-28-32-26(35)19-14-29-34-23(33(2)15-16-5-7-18(36-3)8-6-16)13-22(31-25(19)34)30-20-11-17(27)12-21-24(20)38-10-9-37-21/h4-8,11-14H,9-10,15H2,1-3H3,(H,30,31)(H,32,35). The predicted molar refractivity (Wildman–Crippen MR) is 140 cm³/mol. The van der Waals surface area contributed by atoms with Crippen LogP contribution in [0.15, 0.2) is 53.8 Å². The first kappa shape index (κ1) is 24.8. The van der Waals surface area contributed by atoms with Crippen LogP contribution in [-0.4, -0.2) is 54.1 Å². The van der Waals surface area contributed by atoms with Gasteiger partial charge in [-0.2, -0.15) is 14.7 Å². The van der Waals surface area contributed by atoms with Gasteiger partial charge in [0.05, 0.1) is 19.0 Å². The van der Waals surface area contributed by atoms with Crippen LogP contribution in [0.3, 0.4) is 0 Å². The summed E-state index contributed by atoms with van der Waals surface area (Å²) >= 11 is 0. The molecule has 0 unspecified atom stereocenters. The number of benzene rings is 2. The Labute approximate surface area is 217 Å². The van der Waals surface area contributed by atoms with Gasteiger partial charge in [0.15, 0.2) is 17.1 Å². The minimum atomic E-state index is -0.489. The first-order valence-electron chi connectivity index (χ1n) is 11.8. The molecule has 0 aliphatic carbocycles. The number of methoxy groups -OCH3 is 1. The van der Waals surface area contributed by atoms with Crippen molar-refractivity contribution in [1.29, 1.82) is 0 Å². The molecule has 5 rings (SSSR count). The van der Waals surface area contributed by atoms with Crippen molar-refractivity contribution in [3.05, 3.63) is 65.6 Å². The maximum atomic E-state index is 14.4. The van der Waals surface area contributed by atoms with E-state index in [1.165, 1.54) is 24.5 Å². The summed E-state index contributed by atoms with van der Waals surface area (Å²) in [6.07, 6.45) is 2.89. The number of carbonyl (C=O) groups excluding carboxylic acids is 1. The third-order valence-electron chi connectivity index (χ3n) is 5.83. The number of anilines is 3. The van der Waals surface area contributed by atoms with Gasteiger partial charge in [-0.25, -0.2) is 14.8 Å². The molecule has 4 aromatic rings. The molecule has 0 saturated carbocycles. The maximum absolute atomic E-state index is 14.4. The molecular formula is C26H26FN7O4. The van der Waals surface area contributed by atoms with Crippen molar-refractivity contribution in [1.82, 2.24) is 20.0 Å². The van der Waals surface area contributed by atoms with Crippen LogP contribution in [0, 0.1) is 5.82 Å². The van der Waals surface area contributed by atoms with Crippen LogP contribution in [0.1, 0.15) is 22.8 Å². The number of hydrogen-bond donors (Lipinski definition) is 2. The Morgan fingerprint density at radius 3 is 2.79 bits per heavy atom. The Kier molecular flexibility index (Phi) is 6.94. The molecule has 12 heteroatoms. The maximum Gasteiger partial charge on any atom is 0.276 e. The van der Waals surface area contributed by atoms with Crippen LogP contribution in [0.2, 0.25) is 0 Å². The van der Waals surface area contributed by atoms with Crippen molar-refractivity contribution in [3.8, 4) is 17.2 Å². The molecule has 0 atom stereocenters. The van der Waals surface area contributed by atoms with Crippen LogP contribution in [-0.2, 0) is 6.54 Å². The minimum Gasteiger partial charge on any atom is -0.497 e. The fourth-order valence-corrected chi connectivity index (χ4v) is 4.06. The van der Waals surface area contributed by atoms with Crippen molar-refractivity contribution >= 4 is 35.1 Å². The highest BCUT2D eigenvalue weighted by molar-refractivity contribution is 6.00. The summed E-state index contributed by atoms with van der Waals surface area (Å²) in [6.45, 7) is 2.88. The van der Waals surface area contributed by atoms with Gasteiger partial charge in [-0.05, 0) is 24.6 Å². The highest BCUT2D eigenvalue weighted by Crippen LogP contribution is 2.40. The normalized spacial score (nSPS) is 12.5. The molecule has 1 amide bonds. The average molecular weight is 520 g/mol. The summed E-state index contributed by atoms with van der Waals surface area (Å²) in [7, 11) is 3.51. The number of carbonyl (C=O) groups is 1. The molecule has 0 saturated heterocycles. The molecule has 1 aliphatic heterocycles. The van der Waals surface area contributed by atoms with Crippen molar-refractivity contribution in [2.75, 3.05) is 37.6 Å². The van der Waals surface area contributed by atoms with Gasteiger partial charge in [-0.1, -0.05) is 12.1 Å². The highest BCUT2D eigenvalue weighted by atomic mass is 19.1. The smallest absolute Gasteiger partial charge is 0.276 e. The van der Waals surface area contributed by atoms with Gasteiger partial charge in [-0.3, -0.25) is 4.79 Å². The second-order valence-electron chi connectivity index (χ2n) is 8.43. The van der Waals surface area contributed by atoms with Crippen LogP contribution in [0.5, 0.6) is 17.2 Å². The number of aromatic nitrogens is 3. The SMILES string of the molecule is CC=NNC(=O)c1cnn2c(N(C)Cc3ccc(OC)cc3)cc(Nc3cc(F)cc4c3OCCO4)nc12. The van der Waals surface area contributed by atoms with Crippen molar-refractivity contribution in [2.45, 2.75) is 13.5 Å². The fourth-order valence-electron chi connectivity index (χ4n) is 4.06. The zero-order valence-electron chi connectivity index (χ0n) is 21.1. The number of nitrogens with zero attached hydrogens (tertiary/aromatic N) is 5. The predicted octanol–water partition coefficient (Wildman–Crippen LogP) is 3.76. The number of ether oxygens (including phenoxy) is 3. The van der Waals surface area contributed by atoms with Gasteiger partial charge in [0.1, 0.15) is 42.0 Å². The van der Waals surface area contributed by atoms with E-state index in [1.807, 2.05) is 36.2 Å². The lowest BCUT2D eigenvalue weighted by Crippen LogP contribution is -2.21. The van der Waals surface area contributed by atoms with Crippen LogP contribution in [0.4, 0.5) is 21.7 Å². The molecule has 2 N–H and O–H groups in total. The second-order valence-corrected chi connectivity index (χ2v) is 8.43. The van der Waals surface area contributed by atoms with E-state index in [1.54, 1.807) is 24.6 Å². The topological polar surface area (TPSA) is 115 Å². The number of rotatable bonds is 8. The van der Waals surface area contributed by atoms with Crippen LogP contribution in [0.25, 0.3) is 5.65 Å². The van der Waals surface area contributed by atoms with E-state index in [4.69, 9.17) is 14.2 Å². The average Bonchev–Trinajstić information content (AvgIpc) is 3.35. The van der Waals surface area contributed by atoms with Crippen LogP contribution >= 0.6 is 0 Å².